The molecule has 2 aliphatic heterocycles. The highest BCUT2D eigenvalue weighted by molar-refractivity contribution is 7.86. The summed E-state index contributed by atoms with van der Waals surface area (Å²) in [6, 6.07) is 0. The molecule has 0 spiro atoms. The summed E-state index contributed by atoms with van der Waals surface area (Å²) in [6.45, 7) is 6.62. The monoisotopic (exact) mass is 363 g/mol. The van der Waals surface area contributed by atoms with Crippen molar-refractivity contribution in [1.29, 1.82) is 0 Å². The van der Waals surface area contributed by atoms with Gasteiger partial charge in [-0.25, -0.2) is 4.79 Å². The van der Waals surface area contributed by atoms with Gasteiger partial charge in [0.1, 0.15) is 5.60 Å². The second-order valence-corrected chi connectivity index (χ2v) is 10.0. The summed E-state index contributed by atoms with van der Waals surface area (Å²) >= 11 is 0. The van der Waals surface area contributed by atoms with E-state index in [9.17, 15) is 18.3 Å². The Morgan fingerprint density at radius 3 is 2.33 bits per heavy atom. The van der Waals surface area contributed by atoms with Crippen LogP contribution in [0.15, 0.2) is 0 Å². The number of carbonyl (C=O) groups excluding carboxylic acids is 1. The van der Waals surface area contributed by atoms with Crippen LogP contribution in [0.5, 0.6) is 0 Å². The fraction of sp³-hybridized carbons (Fsp3) is 0.933. The van der Waals surface area contributed by atoms with Gasteiger partial charge in [-0.3, -0.25) is 0 Å². The van der Waals surface area contributed by atoms with E-state index in [0.717, 1.165) is 0 Å². The van der Waals surface area contributed by atoms with E-state index < -0.39 is 27.5 Å². The Kier molecular flexibility index (Phi) is 5.21. The van der Waals surface area contributed by atoms with Gasteiger partial charge in [0.05, 0.1) is 5.60 Å². The molecule has 2 atom stereocenters. The van der Waals surface area contributed by atoms with Crippen LogP contribution in [0, 0.1) is 5.92 Å². The standard InChI is InChI=1S/C15H29N3O5S/c1-14(2,3)23-13(19)17-8-6-15(20)7-9-18(11-12(15)10-17)24(21,22)16(4)5/h12,20H,6-11H2,1-5H3/t12-,15-/m1/s1. The van der Waals surface area contributed by atoms with Gasteiger partial charge in [0.25, 0.3) is 10.2 Å². The number of carbonyl (C=O) groups is 1. The molecule has 2 heterocycles. The summed E-state index contributed by atoms with van der Waals surface area (Å²) in [5.74, 6) is -0.317. The Labute approximate surface area is 144 Å². The van der Waals surface area contributed by atoms with Gasteiger partial charge in [0, 0.05) is 46.2 Å². The van der Waals surface area contributed by atoms with Crippen LogP contribution in [-0.2, 0) is 14.9 Å². The Bertz CT molecular complexity index is 586. The topological polar surface area (TPSA) is 90.4 Å². The predicted octanol–water partition coefficient (Wildman–Crippen LogP) is 0.487. The number of aliphatic hydroxyl groups is 1. The van der Waals surface area contributed by atoms with Gasteiger partial charge in [0.2, 0.25) is 0 Å². The average molecular weight is 363 g/mol. The van der Waals surface area contributed by atoms with E-state index in [1.54, 1.807) is 25.7 Å². The molecule has 140 valence electrons. The van der Waals surface area contributed by atoms with Crippen LogP contribution in [0.4, 0.5) is 4.79 Å². The molecule has 2 rings (SSSR count). The van der Waals surface area contributed by atoms with Crippen LogP contribution in [-0.4, -0.2) is 84.6 Å². The summed E-state index contributed by atoms with van der Waals surface area (Å²) in [5.41, 5.74) is -1.51. The molecule has 0 aliphatic carbocycles. The van der Waals surface area contributed by atoms with Crippen molar-refractivity contribution in [3.8, 4) is 0 Å². The van der Waals surface area contributed by atoms with E-state index in [2.05, 4.69) is 0 Å². The molecule has 2 saturated heterocycles. The van der Waals surface area contributed by atoms with Crippen LogP contribution in [0.1, 0.15) is 33.6 Å². The number of fused-ring (bicyclic) bond motifs is 1. The number of rotatable bonds is 2. The summed E-state index contributed by atoms with van der Waals surface area (Å²) in [7, 11) is -0.543. The van der Waals surface area contributed by atoms with Gasteiger partial charge in [-0.1, -0.05) is 0 Å². The molecule has 0 radical (unpaired) electrons. The lowest BCUT2D eigenvalue weighted by molar-refractivity contribution is -0.101. The van der Waals surface area contributed by atoms with Crippen molar-refractivity contribution >= 4 is 16.3 Å². The largest absolute Gasteiger partial charge is 0.444 e. The maximum atomic E-state index is 12.3. The highest BCUT2D eigenvalue weighted by Gasteiger charge is 2.48. The van der Waals surface area contributed by atoms with Crippen molar-refractivity contribution in [3.05, 3.63) is 0 Å². The zero-order valence-corrected chi connectivity index (χ0v) is 16.0. The summed E-state index contributed by atoms with van der Waals surface area (Å²) in [5, 5.41) is 10.8. The Hall–Kier alpha value is -0.900. The fourth-order valence-electron chi connectivity index (χ4n) is 3.20. The molecule has 9 heteroatoms. The first kappa shape index (κ1) is 19.4. The lowest BCUT2D eigenvalue weighted by Crippen LogP contribution is -2.62. The van der Waals surface area contributed by atoms with Crippen LogP contribution >= 0.6 is 0 Å². The first-order chi connectivity index (χ1) is 10.8. The van der Waals surface area contributed by atoms with Crippen molar-refractivity contribution in [2.45, 2.75) is 44.8 Å². The summed E-state index contributed by atoms with van der Waals surface area (Å²) in [4.78, 5) is 13.8. The lowest BCUT2D eigenvalue weighted by atomic mass is 9.76. The van der Waals surface area contributed by atoms with Gasteiger partial charge in [0.15, 0.2) is 0 Å². The Morgan fingerprint density at radius 1 is 1.21 bits per heavy atom. The van der Waals surface area contributed by atoms with Crippen LogP contribution < -0.4 is 0 Å². The maximum absolute atomic E-state index is 12.3. The number of hydrogen-bond acceptors (Lipinski definition) is 5. The maximum Gasteiger partial charge on any atom is 0.410 e. The quantitative estimate of drug-likeness (QED) is 0.771. The second kappa shape index (κ2) is 6.44. The highest BCUT2D eigenvalue weighted by atomic mass is 32.2. The summed E-state index contributed by atoms with van der Waals surface area (Å²) < 4.78 is 32.6. The molecule has 1 amide bonds. The zero-order chi connectivity index (χ0) is 18.3. The van der Waals surface area contributed by atoms with Crippen molar-refractivity contribution in [2.24, 2.45) is 5.92 Å². The van der Waals surface area contributed by atoms with Gasteiger partial charge in [-0.15, -0.1) is 0 Å². The number of nitrogens with zero attached hydrogens (tertiary/aromatic N) is 3. The first-order valence-electron chi connectivity index (χ1n) is 8.23. The third kappa shape index (κ3) is 4.01. The molecule has 2 aliphatic rings. The zero-order valence-electron chi connectivity index (χ0n) is 15.2. The molecule has 2 fully saturated rings. The third-order valence-electron chi connectivity index (χ3n) is 4.67. The molecule has 1 N–H and O–H groups in total. The highest BCUT2D eigenvalue weighted by Crippen LogP contribution is 2.36. The number of likely N-dealkylation sites (tertiary alicyclic amines) is 1. The lowest BCUT2D eigenvalue weighted by Gasteiger charge is -2.49. The van der Waals surface area contributed by atoms with Crippen molar-refractivity contribution < 1.29 is 23.1 Å². The fourth-order valence-corrected chi connectivity index (χ4v) is 4.36. The van der Waals surface area contributed by atoms with Gasteiger partial charge < -0.3 is 14.7 Å². The molecule has 0 unspecified atom stereocenters. The van der Waals surface area contributed by atoms with Crippen LogP contribution in [0.3, 0.4) is 0 Å². The molecule has 0 aromatic rings. The predicted molar refractivity (Wildman–Crippen MR) is 89.7 cm³/mol. The normalized spacial score (nSPS) is 29.5. The van der Waals surface area contributed by atoms with E-state index in [-0.39, 0.29) is 12.5 Å². The molecule has 8 nitrogen and oxygen atoms in total. The molecular weight excluding hydrogens is 334 g/mol. The van der Waals surface area contributed by atoms with E-state index in [1.165, 1.54) is 22.7 Å². The van der Waals surface area contributed by atoms with Gasteiger partial charge >= 0.3 is 6.09 Å². The average Bonchev–Trinajstić information content (AvgIpc) is 2.43. The third-order valence-corrected chi connectivity index (χ3v) is 6.58. The number of amides is 1. The minimum Gasteiger partial charge on any atom is -0.444 e. The summed E-state index contributed by atoms with van der Waals surface area (Å²) in [6.07, 6.45) is 0.400. The molecule has 0 aromatic carbocycles. The number of hydrogen-bond donors (Lipinski definition) is 1. The minimum atomic E-state index is -3.52. The van der Waals surface area contributed by atoms with Crippen LogP contribution in [0.25, 0.3) is 0 Å². The second-order valence-electron chi connectivity index (χ2n) is 7.88. The van der Waals surface area contributed by atoms with E-state index in [4.69, 9.17) is 4.74 Å². The van der Waals surface area contributed by atoms with E-state index in [0.29, 0.717) is 32.5 Å². The van der Waals surface area contributed by atoms with Crippen LogP contribution in [0.2, 0.25) is 0 Å². The van der Waals surface area contributed by atoms with E-state index >= 15 is 0 Å². The van der Waals surface area contributed by atoms with Gasteiger partial charge in [-0.2, -0.15) is 17.0 Å². The molecule has 0 saturated carbocycles. The first-order valence-corrected chi connectivity index (χ1v) is 9.63. The molecule has 0 bridgehead atoms. The Morgan fingerprint density at radius 2 is 1.79 bits per heavy atom. The minimum absolute atomic E-state index is 0.205. The SMILES string of the molecule is CN(C)S(=O)(=O)N1CC[C@]2(O)CCN(C(=O)OC(C)(C)C)C[C@@H]2C1. The van der Waals surface area contributed by atoms with E-state index in [1.807, 2.05) is 0 Å². The smallest absolute Gasteiger partial charge is 0.410 e. The Balaban J connectivity index is 2.10. The number of ether oxygens (including phenoxy) is 1. The molecule has 0 aromatic heterocycles. The van der Waals surface area contributed by atoms with Gasteiger partial charge in [-0.05, 0) is 33.6 Å². The van der Waals surface area contributed by atoms with Crippen molar-refractivity contribution in [1.82, 2.24) is 13.5 Å². The number of piperidine rings is 2. The molecular formula is C15H29N3O5S. The molecule has 24 heavy (non-hydrogen) atoms. The van der Waals surface area contributed by atoms with Crippen molar-refractivity contribution in [3.63, 3.8) is 0 Å². The van der Waals surface area contributed by atoms with Crippen molar-refractivity contribution in [2.75, 3.05) is 40.3 Å².